The minimum Gasteiger partial charge on any atom is -0.488 e. The molecule has 1 fully saturated rings. The summed E-state index contributed by atoms with van der Waals surface area (Å²) < 4.78 is 15.1. The largest absolute Gasteiger partial charge is 0.488 e. The van der Waals surface area contributed by atoms with Gasteiger partial charge in [-0.3, -0.25) is 4.79 Å². The van der Waals surface area contributed by atoms with Crippen LogP contribution in [0, 0.1) is 5.92 Å². The zero-order chi connectivity index (χ0) is 26.2. The quantitative estimate of drug-likeness (QED) is 0.290. The number of nitrogens with zero attached hydrogens (tertiary/aromatic N) is 2. The highest BCUT2D eigenvalue weighted by atomic mass is 28.4. The Morgan fingerprint density at radius 1 is 1.03 bits per heavy atom. The molecule has 0 amide bonds. The van der Waals surface area contributed by atoms with Crippen LogP contribution in [0.15, 0.2) is 61.1 Å². The van der Waals surface area contributed by atoms with E-state index >= 15 is 0 Å². The molecule has 2 aliphatic rings. The number of carbonyl (C=O) groups excluding carboxylic acids is 1. The molecule has 1 atom stereocenters. The summed E-state index contributed by atoms with van der Waals surface area (Å²) in [6.45, 7) is 12.0. The molecule has 37 heavy (non-hydrogen) atoms. The fraction of sp³-hybridized carbons (Fsp3) is 0.484. The highest BCUT2D eigenvalue weighted by molar-refractivity contribution is 6.74. The van der Waals surface area contributed by atoms with Crippen LogP contribution >= 0.6 is 0 Å². The van der Waals surface area contributed by atoms with Crippen molar-refractivity contribution in [2.24, 2.45) is 5.92 Å². The number of benzene rings is 2. The average Bonchev–Trinajstić information content (AvgIpc) is 3.45. The maximum atomic E-state index is 13.5. The Balaban J connectivity index is 1.26. The molecule has 3 aromatic rings. The average molecular weight is 517 g/mol. The molecule has 1 saturated carbocycles. The van der Waals surface area contributed by atoms with Crippen molar-refractivity contribution in [2.45, 2.75) is 89.8 Å². The number of hydrogen-bond donors (Lipinski definition) is 0. The third kappa shape index (κ3) is 5.32. The molecule has 5 nitrogen and oxygen atoms in total. The predicted octanol–water partition coefficient (Wildman–Crippen LogP) is 7.57. The summed E-state index contributed by atoms with van der Waals surface area (Å²) in [4.78, 5) is 18.0. The summed E-state index contributed by atoms with van der Waals surface area (Å²) in [5.74, 6) is 1.33. The molecule has 0 bridgehead atoms. The molecule has 1 aromatic heterocycles. The van der Waals surface area contributed by atoms with Gasteiger partial charge in [-0.1, -0.05) is 63.2 Å². The Morgan fingerprint density at radius 3 is 2.46 bits per heavy atom. The van der Waals surface area contributed by atoms with Gasteiger partial charge in [-0.2, -0.15) is 0 Å². The van der Waals surface area contributed by atoms with Crippen LogP contribution in [0.5, 0.6) is 5.75 Å². The molecule has 0 spiro atoms. The fourth-order valence-corrected chi connectivity index (χ4v) is 6.94. The molecule has 1 aliphatic heterocycles. The lowest BCUT2D eigenvalue weighted by molar-refractivity contribution is -0.124. The molecular formula is C31H40N2O3Si. The first kappa shape index (κ1) is 25.9. The maximum absolute atomic E-state index is 13.5. The molecule has 1 unspecified atom stereocenters. The van der Waals surface area contributed by atoms with Crippen LogP contribution in [-0.4, -0.2) is 29.8 Å². The molecular weight excluding hydrogens is 476 g/mol. The molecule has 0 saturated heterocycles. The van der Waals surface area contributed by atoms with E-state index in [1.807, 2.05) is 42.9 Å². The highest BCUT2D eigenvalue weighted by Gasteiger charge is 2.41. The van der Waals surface area contributed by atoms with E-state index in [2.05, 4.69) is 61.6 Å². The van der Waals surface area contributed by atoms with Crippen molar-refractivity contribution in [3.05, 3.63) is 72.2 Å². The number of ketones is 1. The van der Waals surface area contributed by atoms with Crippen LogP contribution in [0.2, 0.25) is 18.1 Å². The second-order valence-corrected chi connectivity index (χ2v) is 17.0. The van der Waals surface area contributed by atoms with E-state index in [0.29, 0.717) is 24.9 Å². The second kappa shape index (κ2) is 10.2. The number of hydrogen-bond acceptors (Lipinski definition) is 4. The fourth-order valence-electron chi connectivity index (χ4n) is 5.51. The standard InChI is InChI=1S/C31H40N2O3Si/c1-31(2,3)37(4,5)36-24-16-14-23(15-17-24)28(34)18-26-25-12-9-13-29(30(25)27-19-32-21-33(26)27)35-20-22-10-7-6-8-11-22/h6-13,19,21,23-24,26H,14-18,20H2,1-5H3. The van der Waals surface area contributed by atoms with Crippen molar-refractivity contribution < 1.29 is 14.0 Å². The zero-order valence-electron chi connectivity index (χ0n) is 22.9. The molecule has 1 aliphatic carbocycles. The van der Waals surface area contributed by atoms with Crippen molar-refractivity contribution >= 4 is 14.1 Å². The van der Waals surface area contributed by atoms with Crippen LogP contribution in [0.3, 0.4) is 0 Å². The summed E-state index contributed by atoms with van der Waals surface area (Å²) in [5.41, 5.74) is 4.39. The lowest BCUT2D eigenvalue weighted by Crippen LogP contribution is -2.45. The molecule has 0 N–H and O–H groups in total. The minimum absolute atomic E-state index is 0.0264. The van der Waals surface area contributed by atoms with Gasteiger partial charge in [0, 0.05) is 24.0 Å². The number of fused-ring (bicyclic) bond motifs is 3. The smallest absolute Gasteiger partial charge is 0.192 e. The lowest BCUT2D eigenvalue weighted by atomic mass is 9.82. The summed E-state index contributed by atoms with van der Waals surface area (Å²) in [7, 11) is -1.78. The molecule has 2 heterocycles. The third-order valence-electron chi connectivity index (χ3n) is 8.70. The van der Waals surface area contributed by atoms with Gasteiger partial charge in [-0.25, -0.2) is 4.98 Å². The summed E-state index contributed by atoms with van der Waals surface area (Å²) in [6.07, 6.45) is 8.36. The molecule has 6 heteroatoms. The van der Waals surface area contributed by atoms with Gasteiger partial charge in [-0.15, -0.1) is 0 Å². The molecule has 0 radical (unpaired) electrons. The summed E-state index contributed by atoms with van der Waals surface area (Å²) in [5, 5.41) is 0.210. The summed E-state index contributed by atoms with van der Waals surface area (Å²) in [6, 6.07) is 16.4. The normalized spacial score (nSPS) is 21.4. The van der Waals surface area contributed by atoms with Gasteiger partial charge in [0.2, 0.25) is 0 Å². The minimum atomic E-state index is -1.78. The summed E-state index contributed by atoms with van der Waals surface area (Å²) >= 11 is 0. The Morgan fingerprint density at radius 2 is 1.76 bits per heavy atom. The first-order valence-electron chi connectivity index (χ1n) is 13.7. The predicted molar refractivity (Wildman–Crippen MR) is 150 cm³/mol. The Labute approximate surface area is 222 Å². The highest BCUT2D eigenvalue weighted by Crippen LogP contribution is 2.47. The van der Waals surface area contributed by atoms with E-state index in [1.165, 1.54) is 0 Å². The van der Waals surface area contributed by atoms with Crippen LogP contribution in [0.1, 0.15) is 70.0 Å². The van der Waals surface area contributed by atoms with E-state index in [9.17, 15) is 4.79 Å². The van der Waals surface area contributed by atoms with Crippen molar-refractivity contribution in [3.8, 4) is 17.0 Å². The van der Waals surface area contributed by atoms with Crippen molar-refractivity contribution in [1.29, 1.82) is 0 Å². The van der Waals surface area contributed by atoms with Gasteiger partial charge in [0.25, 0.3) is 0 Å². The Bertz CT molecular complexity index is 1240. The Kier molecular flexibility index (Phi) is 7.16. The van der Waals surface area contributed by atoms with Crippen molar-refractivity contribution in [2.75, 3.05) is 0 Å². The van der Waals surface area contributed by atoms with Crippen molar-refractivity contribution in [1.82, 2.24) is 9.55 Å². The number of Topliss-reactive ketones (excluding diaryl/α,β-unsaturated/α-hetero) is 1. The van der Waals surface area contributed by atoms with Gasteiger partial charge in [-0.05, 0) is 61.0 Å². The topological polar surface area (TPSA) is 53.4 Å². The van der Waals surface area contributed by atoms with E-state index < -0.39 is 8.32 Å². The van der Waals surface area contributed by atoms with Gasteiger partial charge >= 0.3 is 0 Å². The van der Waals surface area contributed by atoms with E-state index in [-0.39, 0.29) is 17.0 Å². The molecule has 5 rings (SSSR count). The molecule has 196 valence electrons. The monoisotopic (exact) mass is 516 g/mol. The number of rotatable bonds is 8. The van der Waals surface area contributed by atoms with Gasteiger partial charge in [0.15, 0.2) is 8.32 Å². The SMILES string of the molecule is CC(C)(C)[Si](C)(C)OC1CCC(C(=O)CC2c3cccc(OCc4ccccc4)c3-c3cncn32)CC1. The lowest BCUT2D eigenvalue weighted by Gasteiger charge is -2.41. The van der Waals surface area contributed by atoms with Crippen LogP contribution in [0.4, 0.5) is 0 Å². The van der Waals surface area contributed by atoms with E-state index in [0.717, 1.165) is 53.8 Å². The first-order chi connectivity index (χ1) is 17.6. The number of ether oxygens (including phenoxy) is 1. The Hall–Kier alpha value is -2.70. The number of carbonyl (C=O) groups is 1. The van der Waals surface area contributed by atoms with Gasteiger partial charge < -0.3 is 13.7 Å². The van der Waals surface area contributed by atoms with Crippen LogP contribution < -0.4 is 4.74 Å². The molecule has 2 aromatic carbocycles. The maximum Gasteiger partial charge on any atom is 0.192 e. The van der Waals surface area contributed by atoms with E-state index in [4.69, 9.17) is 9.16 Å². The third-order valence-corrected chi connectivity index (χ3v) is 13.2. The van der Waals surface area contributed by atoms with Gasteiger partial charge in [0.05, 0.1) is 24.3 Å². The first-order valence-corrected chi connectivity index (χ1v) is 16.6. The van der Waals surface area contributed by atoms with Crippen LogP contribution in [0.25, 0.3) is 11.3 Å². The zero-order valence-corrected chi connectivity index (χ0v) is 23.9. The second-order valence-electron chi connectivity index (χ2n) is 12.2. The van der Waals surface area contributed by atoms with E-state index in [1.54, 1.807) is 0 Å². The number of imidazole rings is 1. The van der Waals surface area contributed by atoms with Crippen LogP contribution in [-0.2, 0) is 15.8 Å². The number of aromatic nitrogens is 2. The van der Waals surface area contributed by atoms with Gasteiger partial charge in [0.1, 0.15) is 18.1 Å². The van der Waals surface area contributed by atoms with Crippen molar-refractivity contribution in [3.63, 3.8) is 0 Å².